The molecular weight excluding hydrogens is 374 g/mol. The molecule has 2 N–H and O–H groups in total. The Balaban J connectivity index is 1.65. The van der Waals surface area contributed by atoms with Crippen molar-refractivity contribution in [2.75, 3.05) is 5.32 Å². The molecule has 1 fully saturated rings. The first kappa shape index (κ1) is 20.1. The molecular formula is C22H24ClN3O2. The largest absolute Gasteiger partial charge is 0.326 e. The van der Waals surface area contributed by atoms with Gasteiger partial charge in [-0.2, -0.15) is 5.10 Å². The van der Waals surface area contributed by atoms with Crippen LogP contribution < -0.4 is 10.7 Å². The number of rotatable bonds is 5. The third-order valence-corrected chi connectivity index (χ3v) is 5.30. The van der Waals surface area contributed by atoms with E-state index in [9.17, 15) is 9.59 Å². The van der Waals surface area contributed by atoms with Gasteiger partial charge in [0.05, 0.1) is 16.3 Å². The van der Waals surface area contributed by atoms with Gasteiger partial charge in [0.25, 0.3) is 5.91 Å². The zero-order valence-corrected chi connectivity index (χ0v) is 16.6. The van der Waals surface area contributed by atoms with Crippen LogP contribution in [0.5, 0.6) is 0 Å². The molecule has 2 aromatic rings. The second kappa shape index (κ2) is 9.51. The summed E-state index contributed by atoms with van der Waals surface area (Å²) in [4.78, 5) is 24.7. The highest BCUT2D eigenvalue weighted by molar-refractivity contribution is 6.33. The molecule has 0 aromatic heterocycles. The third-order valence-electron chi connectivity index (χ3n) is 4.97. The molecule has 6 heteroatoms. The van der Waals surface area contributed by atoms with Gasteiger partial charge in [-0.25, -0.2) is 5.43 Å². The maximum absolute atomic E-state index is 12.4. The topological polar surface area (TPSA) is 70.6 Å². The minimum Gasteiger partial charge on any atom is -0.326 e. The summed E-state index contributed by atoms with van der Waals surface area (Å²) in [6, 6.07) is 14.3. The molecule has 0 bridgehead atoms. The fourth-order valence-corrected chi connectivity index (χ4v) is 3.56. The Bertz CT molecular complexity index is 889. The second-order valence-electron chi connectivity index (χ2n) is 7.02. The van der Waals surface area contributed by atoms with E-state index in [0.717, 1.165) is 36.9 Å². The van der Waals surface area contributed by atoms with Crippen molar-refractivity contribution in [3.05, 3.63) is 64.7 Å². The zero-order valence-electron chi connectivity index (χ0n) is 15.9. The highest BCUT2D eigenvalue weighted by Crippen LogP contribution is 2.25. The Hall–Kier alpha value is -2.66. The molecule has 0 saturated heterocycles. The SMILES string of the molecule is C/C(=N/NC(=O)c1ccccc1Cl)c1cccc(NC(=O)C2CCCCC2)c1. The Morgan fingerprint density at radius 2 is 1.79 bits per heavy atom. The smallest absolute Gasteiger partial charge is 0.272 e. The van der Waals surface area contributed by atoms with Crippen molar-refractivity contribution in [1.82, 2.24) is 5.43 Å². The Labute approximate surface area is 170 Å². The van der Waals surface area contributed by atoms with Gasteiger partial charge in [0.15, 0.2) is 0 Å². The van der Waals surface area contributed by atoms with Gasteiger partial charge in [0.2, 0.25) is 5.91 Å². The lowest BCUT2D eigenvalue weighted by molar-refractivity contribution is -0.120. The number of nitrogens with zero attached hydrogens (tertiary/aromatic N) is 1. The van der Waals surface area contributed by atoms with Gasteiger partial charge in [-0.05, 0) is 49.6 Å². The monoisotopic (exact) mass is 397 g/mol. The maximum atomic E-state index is 12.4. The third kappa shape index (κ3) is 5.20. The van der Waals surface area contributed by atoms with Gasteiger partial charge in [0, 0.05) is 11.6 Å². The van der Waals surface area contributed by atoms with Gasteiger partial charge in [-0.1, -0.05) is 55.1 Å². The zero-order chi connectivity index (χ0) is 19.9. The van der Waals surface area contributed by atoms with E-state index in [-0.39, 0.29) is 17.7 Å². The maximum Gasteiger partial charge on any atom is 0.272 e. The first-order valence-corrected chi connectivity index (χ1v) is 9.93. The van der Waals surface area contributed by atoms with E-state index in [4.69, 9.17) is 11.6 Å². The molecule has 28 heavy (non-hydrogen) atoms. The molecule has 1 aliphatic carbocycles. The van der Waals surface area contributed by atoms with Gasteiger partial charge in [-0.15, -0.1) is 0 Å². The summed E-state index contributed by atoms with van der Waals surface area (Å²) < 4.78 is 0. The lowest BCUT2D eigenvalue weighted by Crippen LogP contribution is -2.24. The van der Waals surface area contributed by atoms with Crippen molar-refractivity contribution in [1.29, 1.82) is 0 Å². The molecule has 5 nitrogen and oxygen atoms in total. The number of hydrogen-bond donors (Lipinski definition) is 2. The fraction of sp³-hybridized carbons (Fsp3) is 0.318. The van der Waals surface area contributed by atoms with Crippen molar-refractivity contribution in [3.63, 3.8) is 0 Å². The number of halogens is 1. The molecule has 2 amide bonds. The van der Waals surface area contributed by atoms with Crippen LogP contribution in [-0.2, 0) is 4.79 Å². The molecule has 2 aromatic carbocycles. The molecule has 0 radical (unpaired) electrons. The Kier molecular flexibility index (Phi) is 6.82. The van der Waals surface area contributed by atoms with Gasteiger partial charge >= 0.3 is 0 Å². The molecule has 1 saturated carbocycles. The van der Waals surface area contributed by atoms with E-state index in [0.29, 0.717) is 16.3 Å². The molecule has 1 aliphatic rings. The van der Waals surface area contributed by atoms with Crippen LogP contribution in [0.2, 0.25) is 5.02 Å². The Morgan fingerprint density at radius 1 is 1.04 bits per heavy atom. The van der Waals surface area contributed by atoms with Crippen molar-refractivity contribution in [3.8, 4) is 0 Å². The molecule has 0 unspecified atom stereocenters. The van der Waals surface area contributed by atoms with Crippen LogP contribution in [0.3, 0.4) is 0 Å². The molecule has 0 heterocycles. The first-order valence-electron chi connectivity index (χ1n) is 9.55. The number of amides is 2. The quantitative estimate of drug-likeness (QED) is 0.549. The van der Waals surface area contributed by atoms with E-state index in [1.165, 1.54) is 6.42 Å². The van der Waals surface area contributed by atoms with Crippen LogP contribution in [0, 0.1) is 5.92 Å². The van der Waals surface area contributed by atoms with Crippen molar-refractivity contribution in [2.45, 2.75) is 39.0 Å². The lowest BCUT2D eigenvalue weighted by atomic mass is 9.88. The van der Waals surface area contributed by atoms with Crippen LogP contribution in [0.25, 0.3) is 0 Å². The summed E-state index contributed by atoms with van der Waals surface area (Å²) in [5, 5.41) is 7.55. The number of hydrogen-bond acceptors (Lipinski definition) is 3. The molecule has 3 rings (SSSR count). The van der Waals surface area contributed by atoms with Gasteiger partial charge in [-0.3, -0.25) is 9.59 Å². The van der Waals surface area contributed by atoms with Gasteiger partial charge < -0.3 is 5.32 Å². The van der Waals surface area contributed by atoms with E-state index in [2.05, 4.69) is 15.8 Å². The van der Waals surface area contributed by atoms with E-state index >= 15 is 0 Å². The van der Waals surface area contributed by atoms with E-state index in [1.807, 2.05) is 24.3 Å². The van der Waals surface area contributed by atoms with Crippen molar-refractivity contribution < 1.29 is 9.59 Å². The minimum atomic E-state index is -0.369. The number of anilines is 1. The van der Waals surface area contributed by atoms with Crippen LogP contribution in [-0.4, -0.2) is 17.5 Å². The average molecular weight is 398 g/mol. The molecule has 0 spiro atoms. The predicted octanol–water partition coefficient (Wildman–Crippen LogP) is 5.01. The first-order chi connectivity index (χ1) is 13.5. The standard InChI is InChI=1S/C22H24ClN3O2/c1-15(25-26-22(28)19-12-5-6-13-20(19)23)17-10-7-11-18(14-17)24-21(27)16-8-3-2-4-9-16/h5-7,10-14,16H,2-4,8-9H2,1H3,(H,24,27)(H,26,28)/b25-15-. The van der Waals surface area contributed by atoms with Crippen LogP contribution in [0.4, 0.5) is 5.69 Å². The van der Waals surface area contributed by atoms with Crippen LogP contribution in [0.15, 0.2) is 53.6 Å². The number of hydrazone groups is 1. The number of carbonyl (C=O) groups excluding carboxylic acids is 2. The van der Waals surface area contributed by atoms with Crippen LogP contribution >= 0.6 is 11.6 Å². The molecule has 146 valence electrons. The predicted molar refractivity (Wildman–Crippen MR) is 113 cm³/mol. The summed E-state index contributed by atoms with van der Waals surface area (Å²) in [5.41, 5.74) is 5.09. The number of carbonyl (C=O) groups is 2. The number of benzene rings is 2. The Morgan fingerprint density at radius 3 is 2.54 bits per heavy atom. The summed E-state index contributed by atoms with van der Waals surface area (Å²) in [7, 11) is 0. The number of nitrogens with one attached hydrogen (secondary N) is 2. The van der Waals surface area contributed by atoms with Gasteiger partial charge in [0.1, 0.15) is 0 Å². The molecule has 0 aliphatic heterocycles. The van der Waals surface area contributed by atoms with Crippen molar-refractivity contribution >= 4 is 34.8 Å². The minimum absolute atomic E-state index is 0.0819. The summed E-state index contributed by atoms with van der Waals surface area (Å²) in [6.45, 7) is 1.80. The summed E-state index contributed by atoms with van der Waals surface area (Å²) >= 11 is 6.04. The normalized spacial score (nSPS) is 15.1. The van der Waals surface area contributed by atoms with Crippen molar-refractivity contribution in [2.24, 2.45) is 11.0 Å². The summed E-state index contributed by atoms with van der Waals surface area (Å²) in [5.74, 6) is -0.188. The fourth-order valence-electron chi connectivity index (χ4n) is 3.34. The molecule has 0 atom stereocenters. The highest BCUT2D eigenvalue weighted by Gasteiger charge is 2.21. The average Bonchev–Trinajstić information content (AvgIpc) is 2.73. The highest BCUT2D eigenvalue weighted by atomic mass is 35.5. The van der Waals surface area contributed by atoms with E-state index < -0.39 is 0 Å². The van der Waals surface area contributed by atoms with E-state index in [1.54, 1.807) is 31.2 Å². The summed E-state index contributed by atoms with van der Waals surface area (Å²) in [6.07, 6.45) is 5.37. The van der Waals surface area contributed by atoms with Crippen LogP contribution in [0.1, 0.15) is 54.9 Å². The lowest BCUT2D eigenvalue weighted by Gasteiger charge is -2.20. The second-order valence-corrected chi connectivity index (χ2v) is 7.43.